The zero-order chi connectivity index (χ0) is 15.7. The summed E-state index contributed by atoms with van der Waals surface area (Å²) in [5.74, 6) is 1.17. The Hall–Kier alpha value is -1.75. The van der Waals surface area contributed by atoms with Crippen LogP contribution in [0.2, 0.25) is 0 Å². The van der Waals surface area contributed by atoms with E-state index in [4.69, 9.17) is 0 Å². The first-order valence-corrected chi connectivity index (χ1v) is 8.80. The average molecular weight is 371 g/mol. The van der Waals surface area contributed by atoms with Crippen LogP contribution >= 0.6 is 15.9 Å². The molecule has 23 heavy (non-hydrogen) atoms. The third-order valence-corrected chi connectivity index (χ3v) is 6.36. The van der Waals surface area contributed by atoms with Crippen molar-refractivity contribution in [3.8, 4) is 0 Å². The summed E-state index contributed by atoms with van der Waals surface area (Å²) in [5.41, 5.74) is 0.868. The van der Waals surface area contributed by atoms with E-state index in [1.54, 1.807) is 6.21 Å². The lowest BCUT2D eigenvalue weighted by Gasteiger charge is -2.37. The molecule has 1 heterocycles. The number of allylic oxidation sites excluding steroid dienone is 2. The van der Waals surface area contributed by atoms with E-state index in [0.29, 0.717) is 11.8 Å². The van der Waals surface area contributed by atoms with E-state index in [-0.39, 0.29) is 35.5 Å². The second kappa shape index (κ2) is 4.63. The lowest BCUT2D eigenvalue weighted by Crippen LogP contribution is -2.40. The number of carbonyl (C=O) groups excluding carboxylic acids is 2. The molecule has 0 spiro atoms. The molecule has 6 atom stereocenters. The van der Waals surface area contributed by atoms with Crippen molar-refractivity contribution in [3.63, 3.8) is 0 Å². The SMILES string of the molecule is O=C1[C@@H]2[C@H]3C=C[C@H]([C@H]4C[C@H]34)[C@@H]2C(=O)N1/N=C\c1ccc(Br)cc1. The first-order valence-electron chi connectivity index (χ1n) is 8.01. The Morgan fingerprint density at radius 1 is 1.00 bits per heavy atom. The zero-order valence-electron chi connectivity index (χ0n) is 12.3. The van der Waals surface area contributed by atoms with Crippen LogP contribution in [0.3, 0.4) is 0 Å². The van der Waals surface area contributed by atoms with Gasteiger partial charge in [-0.2, -0.15) is 10.1 Å². The molecule has 0 unspecified atom stereocenters. The second-order valence-electron chi connectivity index (χ2n) is 6.94. The molecule has 1 aromatic rings. The van der Waals surface area contributed by atoms with Crippen molar-refractivity contribution in [1.82, 2.24) is 5.01 Å². The Labute approximate surface area is 142 Å². The maximum atomic E-state index is 12.7. The van der Waals surface area contributed by atoms with Crippen molar-refractivity contribution in [2.45, 2.75) is 6.42 Å². The van der Waals surface area contributed by atoms with Gasteiger partial charge in [0.15, 0.2) is 0 Å². The van der Waals surface area contributed by atoms with Gasteiger partial charge in [0.1, 0.15) is 0 Å². The van der Waals surface area contributed by atoms with E-state index in [1.165, 1.54) is 6.42 Å². The van der Waals surface area contributed by atoms with Crippen molar-refractivity contribution in [2.75, 3.05) is 0 Å². The largest absolute Gasteiger partial charge is 0.272 e. The molecule has 116 valence electrons. The third-order valence-electron chi connectivity index (χ3n) is 5.83. The minimum Gasteiger partial charge on any atom is -0.272 e. The van der Waals surface area contributed by atoms with Gasteiger partial charge in [0.05, 0.1) is 18.1 Å². The van der Waals surface area contributed by atoms with Gasteiger partial charge in [-0.25, -0.2) is 0 Å². The third kappa shape index (κ3) is 1.86. The highest BCUT2D eigenvalue weighted by Gasteiger charge is 2.67. The van der Waals surface area contributed by atoms with Gasteiger partial charge in [0.2, 0.25) is 0 Å². The summed E-state index contributed by atoms with van der Waals surface area (Å²) in [6.07, 6.45) is 7.12. The fraction of sp³-hybridized carbons (Fsp3) is 0.389. The number of halogens is 1. The van der Waals surface area contributed by atoms with Crippen molar-refractivity contribution in [2.24, 2.45) is 40.6 Å². The summed E-state index contributed by atoms with van der Waals surface area (Å²) < 4.78 is 0.982. The number of imide groups is 1. The molecule has 5 aliphatic rings. The van der Waals surface area contributed by atoms with Gasteiger partial charge in [-0.3, -0.25) is 9.59 Å². The molecule has 2 amide bonds. The predicted octanol–water partition coefficient (Wildman–Crippen LogP) is 2.84. The Morgan fingerprint density at radius 2 is 1.57 bits per heavy atom. The predicted molar refractivity (Wildman–Crippen MR) is 88.3 cm³/mol. The Morgan fingerprint density at radius 3 is 2.13 bits per heavy atom. The van der Waals surface area contributed by atoms with Crippen LogP contribution in [-0.2, 0) is 9.59 Å². The highest BCUT2D eigenvalue weighted by molar-refractivity contribution is 9.10. The molecule has 0 aromatic heterocycles. The first-order chi connectivity index (χ1) is 11.1. The quantitative estimate of drug-likeness (QED) is 0.456. The monoisotopic (exact) mass is 370 g/mol. The lowest BCUT2D eigenvalue weighted by molar-refractivity contribution is -0.140. The first kappa shape index (κ1) is 13.7. The van der Waals surface area contributed by atoms with Crippen LogP contribution in [-0.4, -0.2) is 23.0 Å². The molecular weight excluding hydrogens is 356 g/mol. The minimum atomic E-state index is -0.177. The van der Waals surface area contributed by atoms with Gasteiger partial charge in [-0.05, 0) is 47.8 Å². The maximum absolute atomic E-state index is 12.7. The standard InChI is InChI=1S/C18H15BrN2O2/c19-10-3-1-9(2-4-10)8-20-21-17(22)15-11-5-6-12(14-7-13(11)14)16(15)18(21)23/h1-6,8,11-16H,7H2/b20-8-/t11-,12+,13-,14-,15+,16-/m1/s1. The van der Waals surface area contributed by atoms with Crippen molar-refractivity contribution < 1.29 is 9.59 Å². The molecule has 6 rings (SSSR count). The van der Waals surface area contributed by atoms with Crippen LogP contribution in [0.25, 0.3) is 0 Å². The fourth-order valence-corrected chi connectivity index (χ4v) is 4.99. The number of carbonyl (C=O) groups is 2. The second-order valence-corrected chi connectivity index (χ2v) is 7.85. The van der Waals surface area contributed by atoms with Crippen LogP contribution in [0.4, 0.5) is 0 Å². The van der Waals surface area contributed by atoms with E-state index in [0.717, 1.165) is 15.0 Å². The van der Waals surface area contributed by atoms with Crippen LogP contribution in [0.15, 0.2) is 46.0 Å². The van der Waals surface area contributed by atoms with E-state index in [2.05, 4.69) is 33.2 Å². The molecule has 0 radical (unpaired) electrons. The molecule has 1 aromatic carbocycles. The van der Waals surface area contributed by atoms with E-state index in [1.807, 2.05) is 24.3 Å². The smallest absolute Gasteiger partial charge is 0.254 e. The highest BCUT2D eigenvalue weighted by atomic mass is 79.9. The molecule has 2 saturated carbocycles. The molecule has 4 nitrogen and oxygen atoms in total. The summed E-state index contributed by atoms with van der Waals surface area (Å²) in [6.45, 7) is 0. The van der Waals surface area contributed by atoms with E-state index >= 15 is 0 Å². The van der Waals surface area contributed by atoms with Crippen LogP contribution < -0.4 is 0 Å². The number of hydrogen-bond donors (Lipinski definition) is 0. The van der Waals surface area contributed by atoms with Gasteiger partial charge in [0, 0.05) is 4.47 Å². The maximum Gasteiger partial charge on any atom is 0.254 e. The summed E-state index contributed by atoms with van der Waals surface area (Å²) in [6, 6.07) is 7.61. The van der Waals surface area contributed by atoms with E-state index < -0.39 is 0 Å². The molecule has 5 heteroatoms. The van der Waals surface area contributed by atoms with Crippen LogP contribution in [0.1, 0.15) is 12.0 Å². The normalized spacial score (nSPS) is 40.0. The summed E-state index contributed by atoms with van der Waals surface area (Å²) in [4.78, 5) is 25.5. The molecule has 1 aliphatic heterocycles. The molecular formula is C18H15BrN2O2. The fourth-order valence-electron chi connectivity index (χ4n) is 4.73. The zero-order valence-corrected chi connectivity index (χ0v) is 13.9. The minimum absolute atomic E-state index is 0.113. The summed E-state index contributed by atoms with van der Waals surface area (Å²) in [5, 5.41) is 5.33. The lowest BCUT2D eigenvalue weighted by atomic mass is 9.63. The number of amides is 2. The van der Waals surface area contributed by atoms with Crippen molar-refractivity contribution >= 4 is 34.0 Å². The average Bonchev–Trinajstić information content (AvgIpc) is 3.33. The number of hydrazone groups is 1. The Balaban J connectivity index is 1.44. The number of hydrogen-bond acceptors (Lipinski definition) is 3. The number of rotatable bonds is 2. The highest BCUT2D eigenvalue weighted by Crippen LogP contribution is 2.65. The van der Waals surface area contributed by atoms with Crippen LogP contribution in [0.5, 0.6) is 0 Å². The van der Waals surface area contributed by atoms with Gasteiger partial charge < -0.3 is 0 Å². The van der Waals surface area contributed by atoms with Crippen molar-refractivity contribution in [3.05, 3.63) is 46.5 Å². The van der Waals surface area contributed by atoms with Gasteiger partial charge >= 0.3 is 0 Å². The summed E-state index contributed by atoms with van der Waals surface area (Å²) in [7, 11) is 0. The molecule has 1 saturated heterocycles. The van der Waals surface area contributed by atoms with Crippen molar-refractivity contribution in [1.29, 1.82) is 0 Å². The number of benzene rings is 1. The Bertz CT molecular complexity index is 734. The summed E-state index contributed by atoms with van der Waals surface area (Å²) >= 11 is 3.38. The van der Waals surface area contributed by atoms with Gasteiger partial charge in [-0.1, -0.05) is 40.2 Å². The molecule has 4 aliphatic carbocycles. The number of nitrogens with zero attached hydrogens (tertiary/aromatic N) is 2. The molecule has 2 bridgehead atoms. The van der Waals surface area contributed by atoms with Crippen LogP contribution in [0, 0.1) is 35.5 Å². The van der Waals surface area contributed by atoms with Gasteiger partial charge in [0.25, 0.3) is 11.8 Å². The molecule has 3 fully saturated rings. The Kier molecular flexibility index (Phi) is 2.75. The van der Waals surface area contributed by atoms with E-state index in [9.17, 15) is 9.59 Å². The topological polar surface area (TPSA) is 49.7 Å². The molecule has 0 N–H and O–H groups in total. The van der Waals surface area contributed by atoms with Gasteiger partial charge in [-0.15, -0.1) is 0 Å².